The van der Waals surface area contributed by atoms with Crippen LogP contribution in [0, 0.1) is 5.92 Å². The van der Waals surface area contributed by atoms with Gasteiger partial charge in [-0.2, -0.15) is 0 Å². The van der Waals surface area contributed by atoms with Gasteiger partial charge < -0.3 is 33.8 Å². The van der Waals surface area contributed by atoms with Crippen molar-refractivity contribution < 1.29 is 80.2 Å². The third kappa shape index (κ3) is 79.9. The van der Waals surface area contributed by atoms with Gasteiger partial charge in [0.2, 0.25) is 0 Å². The summed E-state index contributed by atoms with van der Waals surface area (Å²) in [6.07, 6.45) is 72.1. The van der Waals surface area contributed by atoms with Crippen molar-refractivity contribution in [1.82, 2.24) is 0 Å². The molecule has 0 heterocycles. The zero-order chi connectivity index (χ0) is 76.9. The van der Waals surface area contributed by atoms with E-state index in [-0.39, 0.29) is 25.7 Å². The molecule has 105 heavy (non-hydrogen) atoms. The van der Waals surface area contributed by atoms with Crippen molar-refractivity contribution in [2.24, 2.45) is 5.92 Å². The Kier molecular flexibility index (Phi) is 77.3. The molecular weight excluding hydrogens is 1370 g/mol. The molecule has 0 rings (SSSR count). The minimum Gasteiger partial charge on any atom is -0.462 e. The fourth-order valence-corrected chi connectivity index (χ4v) is 15.1. The molecule has 5 atom stereocenters. The van der Waals surface area contributed by atoms with E-state index < -0.39 is 97.5 Å². The summed E-state index contributed by atoms with van der Waals surface area (Å²) < 4.78 is 68.9. The highest BCUT2D eigenvalue weighted by Crippen LogP contribution is 2.45. The number of esters is 4. The molecule has 0 aliphatic carbocycles. The van der Waals surface area contributed by atoms with Crippen LogP contribution in [0.2, 0.25) is 0 Å². The van der Waals surface area contributed by atoms with Gasteiger partial charge in [0.05, 0.1) is 26.4 Å². The number of ether oxygens (including phenoxy) is 4. The molecule has 2 unspecified atom stereocenters. The number of aliphatic hydroxyl groups excluding tert-OH is 1. The summed E-state index contributed by atoms with van der Waals surface area (Å²) in [7, 11) is -9.93. The molecule has 0 aromatic carbocycles. The van der Waals surface area contributed by atoms with Gasteiger partial charge in [0, 0.05) is 25.7 Å². The number of phosphoric ester groups is 2. The van der Waals surface area contributed by atoms with E-state index in [4.69, 9.17) is 37.0 Å². The highest BCUT2D eigenvalue weighted by atomic mass is 31.2. The average Bonchev–Trinajstić information content (AvgIpc) is 0.912. The fraction of sp³-hybridized carbons (Fsp3) is 0.953. The monoisotopic (exact) mass is 1540 g/mol. The molecule has 0 saturated heterocycles. The number of carbonyl (C=O) groups excluding carboxylic acids is 4. The molecule has 624 valence electrons. The Morgan fingerprint density at radius 1 is 0.257 bits per heavy atom. The van der Waals surface area contributed by atoms with Crippen LogP contribution in [0.15, 0.2) is 0 Å². The second-order valence-electron chi connectivity index (χ2n) is 31.4. The molecule has 0 bridgehead atoms. The van der Waals surface area contributed by atoms with Gasteiger partial charge in [0.25, 0.3) is 0 Å². The highest BCUT2D eigenvalue weighted by molar-refractivity contribution is 7.47. The molecule has 0 radical (unpaired) electrons. The van der Waals surface area contributed by atoms with Crippen LogP contribution in [0.5, 0.6) is 0 Å². The Hall–Kier alpha value is -1.94. The lowest BCUT2D eigenvalue weighted by atomic mass is 10.0. The number of carbonyl (C=O) groups is 4. The first-order chi connectivity index (χ1) is 51.0. The molecule has 0 aromatic rings. The standard InChI is InChI=1S/C86H168O17P2/c1-6-9-12-15-18-21-24-27-29-31-32-34-36-42-47-52-57-62-67-72-86(91)103-82(76-97-84(89)70-65-60-55-50-45-40-38-37-39-43-48-53-58-63-68-79(4)5)78-101-105(94,95)99-74-80(87)73-98-104(92,93)100-77-81(75-96-83(88)69-64-59-54-49-44-26-23-20-17-14-11-8-3)102-85(90)71-66-61-56-51-46-41-35-33-30-28-25-22-19-16-13-10-7-2/h79-82,87H,6-78H2,1-5H3,(H,92,93)(H,94,95)/t80-,81+,82+/m0/s1. The molecule has 0 aromatic heterocycles. The molecule has 0 fully saturated rings. The van der Waals surface area contributed by atoms with Crippen LogP contribution in [0.25, 0.3) is 0 Å². The van der Waals surface area contributed by atoms with Gasteiger partial charge in [-0.05, 0) is 31.6 Å². The van der Waals surface area contributed by atoms with Crippen LogP contribution in [0.1, 0.15) is 465 Å². The average molecular weight is 1540 g/mol. The lowest BCUT2D eigenvalue weighted by molar-refractivity contribution is -0.161. The van der Waals surface area contributed by atoms with Crippen LogP contribution < -0.4 is 0 Å². The zero-order valence-corrected chi connectivity index (χ0v) is 70.7. The first-order valence-corrected chi connectivity index (χ1v) is 47.6. The van der Waals surface area contributed by atoms with E-state index in [1.54, 1.807) is 0 Å². The summed E-state index contributed by atoms with van der Waals surface area (Å²) in [6, 6.07) is 0. The van der Waals surface area contributed by atoms with Crippen molar-refractivity contribution in [1.29, 1.82) is 0 Å². The predicted octanol–water partition coefficient (Wildman–Crippen LogP) is 26.4. The largest absolute Gasteiger partial charge is 0.472 e. The number of phosphoric acid groups is 2. The number of unbranched alkanes of at least 4 members (excludes halogenated alkanes) is 58. The van der Waals surface area contributed by atoms with Crippen LogP contribution in [-0.4, -0.2) is 96.7 Å². The smallest absolute Gasteiger partial charge is 0.462 e. The summed E-state index contributed by atoms with van der Waals surface area (Å²) >= 11 is 0. The molecule has 3 N–H and O–H groups in total. The first kappa shape index (κ1) is 103. The van der Waals surface area contributed by atoms with Crippen molar-refractivity contribution in [2.45, 2.75) is 483 Å². The normalized spacial score (nSPS) is 13.8. The maximum Gasteiger partial charge on any atom is 0.472 e. The second-order valence-corrected chi connectivity index (χ2v) is 34.3. The molecular formula is C86H168O17P2. The van der Waals surface area contributed by atoms with Crippen molar-refractivity contribution in [3.63, 3.8) is 0 Å². The van der Waals surface area contributed by atoms with E-state index in [0.717, 1.165) is 95.8 Å². The summed E-state index contributed by atoms with van der Waals surface area (Å²) in [5.41, 5.74) is 0. The topological polar surface area (TPSA) is 237 Å². The van der Waals surface area contributed by atoms with Crippen LogP contribution in [-0.2, 0) is 65.4 Å². The van der Waals surface area contributed by atoms with Crippen LogP contribution in [0.3, 0.4) is 0 Å². The van der Waals surface area contributed by atoms with E-state index >= 15 is 0 Å². The molecule has 0 aliphatic rings. The van der Waals surface area contributed by atoms with E-state index in [2.05, 4.69) is 34.6 Å². The van der Waals surface area contributed by atoms with Crippen molar-refractivity contribution in [2.75, 3.05) is 39.6 Å². The Bertz CT molecular complexity index is 2000. The molecule has 17 nitrogen and oxygen atoms in total. The van der Waals surface area contributed by atoms with Gasteiger partial charge in [-0.3, -0.25) is 37.3 Å². The van der Waals surface area contributed by atoms with E-state index in [9.17, 15) is 43.2 Å². The van der Waals surface area contributed by atoms with Gasteiger partial charge in [-0.1, -0.05) is 413 Å². The quantitative estimate of drug-likeness (QED) is 0.0222. The maximum atomic E-state index is 13.1. The second kappa shape index (κ2) is 78.7. The Morgan fingerprint density at radius 2 is 0.438 bits per heavy atom. The molecule has 0 aliphatic heterocycles. The lowest BCUT2D eigenvalue weighted by Crippen LogP contribution is -2.30. The minimum absolute atomic E-state index is 0.109. The van der Waals surface area contributed by atoms with Crippen molar-refractivity contribution in [3.05, 3.63) is 0 Å². The minimum atomic E-state index is -4.97. The summed E-state index contributed by atoms with van der Waals surface area (Å²) in [5, 5.41) is 10.7. The van der Waals surface area contributed by atoms with Gasteiger partial charge in [0.15, 0.2) is 12.2 Å². The van der Waals surface area contributed by atoms with Gasteiger partial charge in [-0.15, -0.1) is 0 Å². The van der Waals surface area contributed by atoms with Crippen LogP contribution >= 0.6 is 15.6 Å². The van der Waals surface area contributed by atoms with E-state index in [0.29, 0.717) is 25.7 Å². The summed E-state index contributed by atoms with van der Waals surface area (Å²) in [4.78, 5) is 73.3. The number of hydrogen-bond acceptors (Lipinski definition) is 15. The number of hydrogen-bond donors (Lipinski definition) is 3. The van der Waals surface area contributed by atoms with Crippen LogP contribution in [0.4, 0.5) is 0 Å². The Balaban J connectivity index is 5.25. The third-order valence-corrected chi connectivity index (χ3v) is 22.2. The number of rotatable bonds is 86. The highest BCUT2D eigenvalue weighted by Gasteiger charge is 2.30. The van der Waals surface area contributed by atoms with Crippen molar-refractivity contribution >= 4 is 39.5 Å². The molecule has 19 heteroatoms. The fourth-order valence-electron chi connectivity index (χ4n) is 13.5. The number of aliphatic hydroxyl groups is 1. The molecule has 0 spiro atoms. The maximum absolute atomic E-state index is 13.1. The lowest BCUT2D eigenvalue weighted by Gasteiger charge is -2.21. The summed E-state index contributed by atoms with van der Waals surface area (Å²) in [5.74, 6) is -1.30. The van der Waals surface area contributed by atoms with Gasteiger partial charge in [-0.25, -0.2) is 9.13 Å². The Morgan fingerprint density at radius 3 is 0.648 bits per heavy atom. The Labute approximate surface area is 645 Å². The first-order valence-electron chi connectivity index (χ1n) is 44.6. The predicted molar refractivity (Wildman–Crippen MR) is 432 cm³/mol. The molecule has 0 saturated carbocycles. The van der Waals surface area contributed by atoms with E-state index in [1.165, 1.54) is 289 Å². The zero-order valence-electron chi connectivity index (χ0n) is 68.9. The SMILES string of the molecule is CCCCCCCCCCCCCCCCCCCCCC(=O)O[C@H](COC(=O)CCCCCCCCCCCCCCCCC(C)C)COP(=O)(O)OC[C@@H](O)COP(=O)(O)OC[C@@H](COC(=O)CCCCCCCCCCCCCC)OC(=O)CCCCCCCCCCCCCCCCCCC. The summed E-state index contributed by atoms with van der Waals surface area (Å²) in [6.45, 7) is 7.40. The third-order valence-electron chi connectivity index (χ3n) is 20.3. The molecule has 0 amide bonds. The van der Waals surface area contributed by atoms with Gasteiger partial charge >= 0.3 is 39.5 Å². The van der Waals surface area contributed by atoms with Crippen molar-refractivity contribution in [3.8, 4) is 0 Å². The van der Waals surface area contributed by atoms with Gasteiger partial charge in [0.1, 0.15) is 19.3 Å². The van der Waals surface area contributed by atoms with E-state index in [1.807, 2.05) is 0 Å².